The standard InChI is InChI=1S/C21H28N4O4/c1-21(2)24-15(12-29-21)7-8-22-10-13-3-4-16-14(9-13)11-25(20(16)28)17-5-6-18(26)23-19(17)27/h3-4,9,15,17,22,24H,5-8,10-12H2,1-2H3,(H,23,26,27)/t15-,17?/m1/s1. The van der Waals surface area contributed by atoms with E-state index in [1.54, 1.807) is 4.90 Å². The number of piperidine rings is 1. The zero-order chi connectivity index (χ0) is 20.6. The second kappa shape index (κ2) is 7.85. The van der Waals surface area contributed by atoms with Crippen LogP contribution in [0.4, 0.5) is 0 Å². The molecule has 156 valence electrons. The molecule has 2 saturated heterocycles. The number of ether oxygens (including phenoxy) is 1. The molecule has 1 unspecified atom stereocenters. The smallest absolute Gasteiger partial charge is 0.255 e. The summed E-state index contributed by atoms with van der Waals surface area (Å²) in [5.74, 6) is -0.785. The van der Waals surface area contributed by atoms with E-state index in [0.717, 1.165) is 37.2 Å². The maximum atomic E-state index is 12.7. The lowest BCUT2D eigenvalue weighted by molar-refractivity contribution is -0.136. The molecule has 3 aliphatic heterocycles. The maximum Gasteiger partial charge on any atom is 0.255 e. The zero-order valence-electron chi connectivity index (χ0n) is 16.9. The molecule has 29 heavy (non-hydrogen) atoms. The summed E-state index contributed by atoms with van der Waals surface area (Å²) in [7, 11) is 0. The number of carbonyl (C=O) groups is 3. The van der Waals surface area contributed by atoms with Gasteiger partial charge in [0.2, 0.25) is 11.8 Å². The van der Waals surface area contributed by atoms with Crippen LogP contribution in [0, 0.1) is 0 Å². The van der Waals surface area contributed by atoms with Gasteiger partial charge in [-0.25, -0.2) is 0 Å². The Hall–Kier alpha value is -2.29. The maximum absolute atomic E-state index is 12.7. The molecule has 0 bridgehead atoms. The van der Waals surface area contributed by atoms with Crippen molar-refractivity contribution < 1.29 is 19.1 Å². The molecule has 2 atom stereocenters. The number of hydrogen-bond acceptors (Lipinski definition) is 6. The molecule has 0 aliphatic carbocycles. The van der Waals surface area contributed by atoms with Crippen LogP contribution in [0.1, 0.15) is 54.6 Å². The summed E-state index contributed by atoms with van der Waals surface area (Å²) >= 11 is 0. The normalized spacial score (nSPS) is 26.0. The van der Waals surface area contributed by atoms with Crippen molar-refractivity contribution in [1.82, 2.24) is 20.9 Å². The highest BCUT2D eigenvalue weighted by Crippen LogP contribution is 2.28. The van der Waals surface area contributed by atoms with Crippen LogP contribution in [-0.2, 0) is 27.4 Å². The van der Waals surface area contributed by atoms with Crippen molar-refractivity contribution >= 4 is 17.7 Å². The number of fused-ring (bicyclic) bond motifs is 1. The topological polar surface area (TPSA) is 99.8 Å². The molecule has 8 heteroatoms. The molecule has 1 aromatic carbocycles. The van der Waals surface area contributed by atoms with Gasteiger partial charge in [-0.05, 0) is 50.4 Å². The van der Waals surface area contributed by atoms with E-state index in [4.69, 9.17) is 4.74 Å². The summed E-state index contributed by atoms with van der Waals surface area (Å²) in [4.78, 5) is 37.8. The summed E-state index contributed by atoms with van der Waals surface area (Å²) in [6.07, 6.45) is 1.63. The average molecular weight is 400 g/mol. The number of nitrogens with zero attached hydrogens (tertiary/aromatic N) is 1. The highest BCUT2D eigenvalue weighted by atomic mass is 16.5. The Morgan fingerprint density at radius 2 is 2.10 bits per heavy atom. The molecular weight excluding hydrogens is 372 g/mol. The number of rotatable bonds is 6. The quantitative estimate of drug-likeness (QED) is 0.479. The Labute approximate surface area is 170 Å². The minimum absolute atomic E-state index is 0.135. The van der Waals surface area contributed by atoms with Crippen molar-refractivity contribution in [2.24, 2.45) is 0 Å². The second-order valence-corrected chi connectivity index (χ2v) is 8.52. The first-order chi connectivity index (χ1) is 13.8. The van der Waals surface area contributed by atoms with E-state index in [1.165, 1.54) is 0 Å². The molecule has 0 aromatic heterocycles. The first kappa shape index (κ1) is 20.0. The number of nitrogens with one attached hydrogen (secondary N) is 3. The highest BCUT2D eigenvalue weighted by Gasteiger charge is 2.39. The molecule has 8 nitrogen and oxygen atoms in total. The number of hydrogen-bond donors (Lipinski definition) is 3. The van der Waals surface area contributed by atoms with E-state index in [0.29, 0.717) is 24.6 Å². The molecule has 3 N–H and O–H groups in total. The second-order valence-electron chi connectivity index (χ2n) is 8.52. The van der Waals surface area contributed by atoms with Gasteiger partial charge in [-0.3, -0.25) is 25.0 Å². The fourth-order valence-electron chi connectivity index (χ4n) is 4.29. The van der Waals surface area contributed by atoms with Crippen LogP contribution in [0.5, 0.6) is 0 Å². The van der Waals surface area contributed by atoms with Gasteiger partial charge in [-0.15, -0.1) is 0 Å². The van der Waals surface area contributed by atoms with Crippen molar-refractivity contribution in [3.8, 4) is 0 Å². The lowest BCUT2D eigenvalue weighted by Crippen LogP contribution is -2.52. The van der Waals surface area contributed by atoms with Gasteiger partial charge >= 0.3 is 0 Å². The minimum atomic E-state index is -0.570. The van der Waals surface area contributed by atoms with E-state index in [1.807, 2.05) is 32.0 Å². The largest absolute Gasteiger partial charge is 0.360 e. The van der Waals surface area contributed by atoms with Crippen molar-refractivity contribution in [2.45, 2.75) is 64.0 Å². The summed E-state index contributed by atoms with van der Waals surface area (Å²) < 4.78 is 5.68. The molecule has 3 aliphatic rings. The van der Waals surface area contributed by atoms with Crippen LogP contribution >= 0.6 is 0 Å². The third-order valence-electron chi connectivity index (χ3n) is 5.78. The number of benzene rings is 1. The third kappa shape index (κ3) is 4.34. The van der Waals surface area contributed by atoms with Crippen LogP contribution in [0.2, 0.25) is 0 Å². The van der Waals surface area contributed by atoms with Gasteiger partial charge in [0, 0.05) is 31.1 Å². The molecule has 1 aromatic rings. The van der Waals surface area contributed by atoms with Crippen molar-refractivity contribution in [3.63, 3.8) is 0 Å². The molecule has 4 rings (SSSR count). The van der Waals surface area contributed by atoms with E-state index in [-0.39, 0.29) is 29.9 Å². The fraction of sp³-hybridized carbons (Fsp3) is 0.571. The zero-order valence-corrected chi connectivity index (χ0v) is 16.9. The summed E-state index contributed by atoms with van der Waals surface area (Å²) in [6, 6.07) is 5.62. The van der Waals surface area contributed by atoms with Crippen molar-refractivity contribution in [2.75, 3.05) is 13.2 Å². The first-order valence-electron chi connectivity index (χ1n) is 10.2. The number of amides is 3. The highest BCUT2D eigenvalue weighted by molar-refractivity contribution is 6.05. The molecule has 2 fully saturated rings. The lowest BCUT2D eigenvalue weighted by Gasteiger charge is -2.29. The van der Waals surface area contributed by atoms with Gasteiger partial charge in [0.25, 0.3) is 5.91 Å². The molecule has 0 spiro atoms. The van der Waals surface area contributed by atoms with Crippen LogP contribution in [0.3, 0.4) is 0 Å². The van der Waals surface area contributed by atoms with E-state index in [2.05, 4.69) is 16.0 Å². The fourth-order valence-corrected chi connectivity index (χ4v) is 4.29. The van der Waals surface area contributed by atoms with Gasteiger partial charge in [-0.1, -0.05) is 12.1 Å². The summed E-state index contributed by atoms with van der Waals surface area (Å²) in [5, 5.41) is 9.23. The van der Waals surface area contributed by atoms with E-state index >= 15 is 0 Å². The van der Waals surface area contributed by atoms with Gasteiger partial charge < -0.3 is 15.0 Å². The van der Waals surface area contributed by atoms with Crippen molar-refractivity contribution in [1.29, 1.82) is 0 Å². The first-order valence-corrected chi connectivity index (χ1v) is 10.2. The predicted molar refractivity (Wildman–Crippen MR) is 106 cm³/mol. The Kier molecular flexibility index (Phi) is 5.42. The molecule has 3 heterocycles. The molecule has 0 radical (unpaired) electrons. The Morgan fingerprint density at radius 3 is 2.83 bits per heavy atom. The Bertz CT molecular complexity index is 838. The molecule has 0 saturated carbocycles. The Morgan fingerprint density at radius 1 is 1.28 bits per heavy atom. The summed E-state index contributed by atoms with van der Waals surface area (Å²) in [6.45, 7) is 6.79. The predicted octanol–water partition coefficient (Wildman–Crippen LogP) is 0.652. The number of imide groups is 1. The monoisotopic (exact) mass is 400 g/mol. The van der Waals surface area contributed by atoms with E-state index in [9.17, 15) is 14.4 Å². The van der Waals surface area contributed by atoms with Gasteiger partial charge in [-0.2, -0.15) is 0 Å². The minimum Gasteiger partial charge on any atom is -0.360 e. The molecule has 3 amide bonds. The van der Waals surface area contributed by atoms with Crippen LogP contribution < -0.4 is 16.0 Å². The Balaban J connectivity index is 1.31. The lowest BCUT2D eigenvalue weighted by atomic mass is 10.0. The third-order valence-corrected chi connectivity index (χ3v) is 5.78. The summed E-state index contributed by atoms with van der Waals surface area (Å²) in [5.41, 5.74) is 2.45. The van der Waals surface area contributed by atoms with Gasteiger partial charge in [0.05, 0.1) is 6.61 Å². The average Bonchev–Trinajstić information content (AvgIpc) is 3.18. The van der Waals surface area contributed by atoms with Crippen LogP contribution in [-0.4, -0.2) is 53.6 Å². The van der Waals surface area contributed by atoms with Crippen LogP contribution in [0.25, 0.3) is 0 Å². The van der Waals surface area contributed by atoms with Crippen molar-refractivity contribution in [3.05, 3.63) is 34.9 Å². The molecular formula is C21H28N4O4. The SMILES string of the molecule is CC1(C)N[C@H](CCNCc2ccc3c(c2)CN(C2CCC(=O)NC2=O)C3=O)CO1. The van der Waals surface area contributed by atoms with E-state index < -0.39 is 6.04 Å². The number of carbonyl (C=O) groups excluding carboxylic acids is 3. The van der Waals surface area contributed by atoms with Crippen LogP contribution in [0.15, 0.2) is 18.2 Å². The van der Waals surface area contributed by atoms with Gasteiger partial charge in [0.15, 0.2) is 0 Å². The van der Waals surface area contributed by atoms with Gasteiger partial charge in [0.1, 0.15) is 11.8 Å².